The molecule has 0 rings (SSSR count). The van der Waals surface area contributed by atoms with E-state index in [2.05, 4.69) is 20.1 Å². The molecule has 0 aromatic carbocycles. The van der Waals surface area contributed by atoms with E-state index >= 15 is 0 Å². The Morgan fingerprint density at radius 1 is 1.56 bits per heavy atom. The third-order valence-corrected chi connectivity index (χ3v) is 2.24. The van der Waals surface area contributed by atoms with Gasteiger partial charge in [0.1, 0.15) is 6.29 Å². The first-order valence-corrected chi connectivity index (χ1v) is 4.44. The smallest absolute Gasteiger partial charge is 0.120 e. The number of aldehydes is 1. The Balaban J connectivity index is 3.55. The summed E-state index contributed by atoms with van der Waals surface area (Å²) in [6.45, 7) is 4.22. The molecule has 0 atom stereocenters. The van der Waals surface area contributed by atoms with Crippen molar-refractivity contribution in [3.05, 3.63) is 0 Å². The predicted octanol–water partition coefficient (Wildman–Crippen LogP) is 1.96. The van der Waals surface area contributed by atoms with Gasteiger partial charge in [0, 0.05) is 6.42 Å². The van der Waals surface area contributed by atoms with Crippen LogP contribution in [0.1, 0.15) is 20.3 Å². The number of rotatable bonds is 4. The van der Waals surface area contributed by atoms with Gasteiger partial charge in [-0.05, 0) is 17.4 Å². The Morgan fingerprint density at radius 2 is 2.11 bits per heavy atom. The van der Waals surface area contributed by atoms with Crippen molar-refractivity contribution in [1.82, 2.24) is 0 Å². The highest BCUT2D eigenvalue weighted by Crippen LogP contribution is 2.22. The topological polar surface area (TPSA) is 17.1 Å². The fourth-order valence-corrected chi connectivity index (χ4v) is 1.57. The summed E-state index contributed by atoms with van der Waals surface area (Å²) in [6, 6.07) is 0. The van der Waals surface area contributed by atoms with Crippen molar-refractivity contribution in [2.45, 2.75) is 20.3 Å². The van der Waals surface area contributed by atoms with E-state index in [1.807, 2.05) is 0 Å². The fourth-order valence-electron chi connectivity index (χ4n) is 0.675. The summed E-state index contributed by atoms with van der Waals surface area (Å²) in [4.78, 5) is 10.1. The zero-order chi connectivity index (χ0) is 7.33. The van der Waals surface area contributed by atoms with Crippen LogP contribution in [-0.4, -0.2) is 18.3 Å². The Hall–Kier alpha value is 0.0200. The molecule has 0 N–H and O–H groups in total. The second kappa shape index (κ2) is 3.94. The first-order valence-electron chi connectivity index (χ1n) is 3.05. The molecule has 0 aromatic rings. The van der Waals surface area contributed by atoms with Gasteiger partial charge in [-0.1, -0.05) is 13.8 Å². The molecule has 0 saturated heterocycles. The van der Waals surface area contributed by atoms with Crippen LogP contribution in [0.5, 0.6) is 0 Å². The maximum Gasteiger partial charge on any atom is 0.120 e. The van der Waals surface area contributed by atoms with Crippen molar-refractivity contribution in [3.63, 3.8) is 0 Å². The van der Waals surface area contributed by atoms with E-state index < -0.39 is 0 Å². The Kier molecular flexibility index (Phi) is 3.95. The average molecular weight is 146 g/mol. The molecule has 0 aromatic heterocycles. The van der Waals surface area contributed by atoms with Gasteiger partial charge in [0.15, 0.2) is 0 Å². The highest BCUT2D eigenvalue weighted by atomic mass is 32.2. The van der Waals surface area contributed by atoms with E-state index in [0.29, 0.717) is 6.42 Å². The largest absolute Gasteiger partial charge is 0.303 e. The lowest BCUT2D eigenvalue weighted by Gasteiger charge is -2.19. The quantitative estimate of drug-likeness (QED) is 0.564. The van der Waals surface area contributed by atoms with Crippen molar-refractivity contribution in [1.29, 1.82) is 0 Å². The maximum absolute atomic E-state index is 10.1. The van der Waals surface area contributed by atoms with Gasteiger partial charge in [-0.3, -0.25) is 0 Å². The van der Waals surface area contributed by atoms with Crippen LogP contribution in [0.2, 0.25) is 0 Å². The number of carbonyl (C=O) groups excluding carboxylic acids is 1. The molecule has 9 heavy (non-hydrogen) atoms. The zero-order valence-electron chi connectivity index (χ0n) is 6.31. The summed E-state index contributed by atoms with van der Waals surface area (Å²) < 4.78 is 0. The molecule has 2 heteroatoms. The molecule has 0 amide bonds. The molecule has 0 aliphatic rings. The van der Waals surface area contributed by atoms with Crippen molar-refractivity contribution in [2.24, 2.45) is 5.41 Å². The van der Waals surface area contributed by atoms with Gasteiger partial charge in [0.05, 0.1) is 0 Å². The minimum Gasteiger partial charge on any atom is -0.303 e. The third kappa shape index (κ3) is 4.52. The molecule has 1 nitrogen and oxygen atoms in total. The lowest BCUT2D eigenvalue weighted by atomic mass is 9.93. The second-order valence-corrected chi connectivity index (χ2v) is 3.83. The van der Waals surface area contributed by atoms with Crippen LogP contribution < -0.4 is 0 Å². The van der Waals surface area contributed by atoms with Gasteiger partial charge in [0.2, 0.25) is 0 Å². The molecule has 0 radical (unpaired) electrons. The molecule has 0 bridgehead atoms. The molecule has 0 aliphatic heterocycles. The molecule has 0 unspecified atom stereocenters. The van der Waals surface area contributed by atoms with E-state index in [1.165, 1.54) is 0 Å². The normalized spacial score (nSPS) is 11.4. The first kappa shape index (κ1) is 9.02. The zero-order valence-corrected chi connectivity index (χ0v) is 7.12. The van der Waals surface area contributed by atoms with Crippen molar-refractivity contribution in [3.8, 4) is 0 Å². The monoisotopic (exact) mass is 146 g/mol. The Morgan fingerprint density at radius 3 is 2.44 bits per heavy atom. The lowest BCUT2D eigenvalue weighted by Crippen LogP contribution is -2.14. The van der Waals surface area contributed by atoms with Crippen LogP contribution in [0.25, 0.3) is 0 Å². The van der Waals surface area contributed by atoms with E-state index in [4.69, 9.17) is 0 Å². The van der Waals surface area contributed by atoms with Crippen molar-refractivity contribution in [2.75, 3.05) is 12.0 Å². The van der Waals surface area contributed by atoms with Crippen molar-refractivity contribution < 1.29 is 4.79 Å². The summed E-state index contributed by atoms with van der Waals surface area (Å²) in [5, 5.41) is 0. The fraction of sp³-hybridized carbons (Fsp3) is 0.857. The number of hydrogen-bond donors (Lipinski definition) is 0. The molecular weight excluding hydrogens is 132 g/mol. The van der Waals surface area contributed by atoms with E-state index in [-0.39, 0.29) is 5.41 Å². The van der Waals surface area contributed by atoms with Gasteiger partial charge in [-0.25, -0.2) is 0 Å². The summed E-state index contributed by atoms with van der Waals surface area (Å²) in [5.41, 5.74) is 0.196. The van der Waals surface area contributed by atoms with Crippen LogP contribution in [0.4, 0.5) is 0 Å². The molecule has 54 valence electrons. The molecular formula is C7H14OS. The highest BCUT2D eigenvalue weighted by molar-refractivity contribution is 7.98. The second-order valence-electron chi connectivity index (χ2n) is 2.97. The molecule has 0 heterocycles. The minimum atomic E-state index is 0.196. The summed E-state index contributed by atoms with van der Waals surface area (Å²) in [6.07, 6.45) is 3.73. The van der Waals surface area contributed by atoms with E-state index in [9.17, 15) is 4.79 Å². The van der Waals surface area contributed by atoms with Crippen LogP contribution >= 0.6 is 11.8 Å². The SMILES string of the molecule is CSCC(C)(C)CC=O. The third-order valence-electron chi connectivity index (χ3n) is 1.17. The van der Waals surface area contributed by atoms with E-state index in [1.54, 1.807) is 11.8 Å². The summed E-state index contributed by atoms with van der Waals surface area (Å²) >= 11 is 1.79. The molecule has 0 spiro atoms. The van der Waals surface area contributed by atoms with Gasteiger partial charge in [0.25, 0.3) is 0 Å². The van der Waals surface area contributed by atoms with Crippen LogP contribution in [-0.2, 0) is 4.79 Å². The van der Waals surface area contributed by atoms with Gasteiger partial charge >= 0.3 is 0 Å². The highest BCUT2D eigenvalue weighted by Gasteiger charge is 2.15. The van der Waals surface area contributed by atoms with Gasteiger partial charge in [-0.2, -0.15) is 11.8 Å². The van der Waals surface area contributed by atoms with Crippen molar-refractivity contribution >= 4 is 18.0 Å². The number of carbonyl (C=O) groups is 1. The number of hydrogen-bond acceptors (Lipinski definition) is 2. The molecule has 0 fully saturated rings. The number of thioether (sulfide) groups is 1. The lowest BCUT2D eigenvalue weighted by molar-refractivity contribution is -0.109. The van der Waals surface area contributed by atoms with Gasteiger partial charge < -0.3 is 4.79 Å². The van der Waals surface area contributed by atoms with Crippen LogP contribution in [0, 0.1) is 5.41 Å². The maximum atomic E-state index is 10.1. The Labute approximate surface area is 61.2 Å². The molecule has 0 saturated carbocycles. The van der Waals surface area contributed by atoms with Crippen LogP contribution in [0.15, 0.2) is 0 Å². The van der Waals surface area contributed by atoms with Crippen LogP contribution in [0.3, 0.4) is 0 Å². The average Bonchev–Trinajstić information content (AvgIpc) is 1.64. The van der Waals surface area contributed by atoms with Gasteiger partial charge in [-0.15, -0.1) is 0 Å². The Bertz CT molecular complexity index is 88.9. The minimum absolute atomic E-state index is 0.196. The predicted molar refractivity (Wildman–Crippen MR) is 42.8 cm³/mol. The summed E-state index contributed by atoms with van der Waals surface area (Å²) in [5.74, 6) is 1.06. The van der Waals surface area contributed by atoms with E-state index in [0.717, 1.165) is 12.0 Å². The standard InChI is InChI=1S/C7H14OS/c1-7(2,4-5-8)6-9-3/h5H,4,6H2,1-3H3. The first-order chi connectivity index (χ1) is 4.12. The molecule has 0 aliphatic carbocycles. The summed E-state index contributed by atoms with van der Waals surface area (Å²) in [7, 11) is 0.